The van der Waals surface area contributed by atoms with E-state index < -0.39 is 29.4 Å². The molecule has 0 radical (unpaired) electrons. The predicted molar refractivity (Wildman–Crippen MR) is 103 cm³/mol. The predicted octanol–water partition coefficient (Wildman–Crippen LogP) is 2.55. The summed E-state index contributed by atoms with van der Waals surface area (Å²) >= 11 is 0. The number of nitro benzene ring substituents is 1. The number of imide groups is 1. The van der Waals surface area contributed by atoms with Crippen LogP contribution in [0.1, 0.15) is 49.9 Å². The van der Waals surface area contributed by atoms with Crippen LogP contribution in [0.3, 0.4) is 0 Å². The first-order chi connectivity index (χ1) is 13.8. The summed E-state index contributed by atoms with van der Waals surface area (Å²) < 4.78 is 9.98. The highest BCUT2D eigenvalue weighted by atomic mass is 16.6. The van der Waals surface area contributed by atoms with Crippen LogP contribution in [0.4, 0.5) is 10.5 Å². The number of amides is 3. The molecule has 3 amide bonds. The highest BCUT2D eigenvalue weighted by Crippen LogP contribution is 2.28. The standard InChI is InChI=1S/C19H25N3O7/c1-3-28-16-9-8-13(10-15(16)22(26)27)18(24)29-11-17(23)21-19(25)20-14-7-5-4-6-12(14)2/h8-10,12,14H,3-7,11H2,1-2H3,(H2,20,21,23,25)/t12-,14-/m1/s1. The zero-order valence-corrected chi connectivity index (χ0v) is 16.4. The SMILES string of the molecule is CCOc1ccc(C(=O)OCC(=O)NC(=O)N[C@@H]2CCCC[C@H]2C)cc1[N+](=O)[O-]. The lowest BCUT2D eigenvalue weighted by Gasteiger charge is -2.29. The van der Waals surface area contributed by atoms with Gasteiger partial charge in [-0.15, -0.1) is 0 Å². The normalized spacial score (nSPS) is 18.4. The van der Waals surface area contributed by atoms with Gasteiger partial charge in [-0.2, -0.15) is 0 Å². The van der Waals surface area contributed by atoms with Crippen molar-refractivity contribution in [2.45, 2.75) is 45.6 Å². The van der Waals surface area contributed by atoms with E-state index in [-0.39, 0.29) is 29.6 Å². The van der Waals surface area contributed by atoms with Crippen molar-refractivity contribution in [1.82, 2.24) is 10.6 Å². The summed E-state index contributed by atoms with van der Waals surface area (Å²) in [5.41, 5.74) is -0.486. The number of ether oxygens (including phenoxy) is 2. The van der Waals surface area contributed by atoms with E-state index in [2.05, 4.69) is 10.6 Å². The average Bonchev–Trinajstić information content (AvgIpc) is 2.68. The minimum Gasteiger partial charge on any atom is -0.487 e. The van der Waals surface area contributed by atoms with Crippen LogP contribution in [0.25, 0.3) is 0 Å². The molecule has 1 aromatic carbocycles. The molecule has 2 N–H and O–H groups in total. The lowest BCUT2D eigenvalue weighted by molar-refractivity contribution is -0.385. The zero-order chi connectivity index (χ0) is 21.4. The molecule has 0 unspecified atom stereocenters. The Labute approximate surface area is 168 Å². The summed E-state index contributed by atoms with van der Waals surface area (Å²) in [5, 5.41) is 16.0. The molecule has 0 spiro atoms. The molecule has 0 bridgehead atoms. The van der Waals surface area contributed by atoms with Gasteiger partial charge in [0.2, 0.25) is 0 Å². The number of esters is 1. The number of nitrogens with zero attached hydrogens (tertiary/aromatic N) is 1. The van der Waals surface area contributed by atoms with Crippen LogP contribution < -0.4 is 15.4 Å². The number of hydrogen-bond donors (Lipinski definition) is 2. The van der Waals surface area contributed by atoms with Crippen LogP contribution in [0, 0.1) is 16.0 Å². The van der Waals surface area contributed by atoms with E-state index in [0.717, 1.165) is 31.7 Å². The second-order valence-electron chi connectivity index (χ2n) is 6.84. The second kappa shape index (κ2) is 10.4. The third-order valence-electron chi connectivity index (χ3n) is 4.71. The lowest BCUT2D eigenvalue weighted by Crippen LogP contribution is -2.48. The Bertz CT molecular complexity index is 781. The van der Waals surface area contributed by atoms with Crippen molar-refractivity contribution in [3.8, 4) is 5.75 Å². The molecule has 0 aliphatic heterocycles. The molecule has 2 atom stereocenters. The van der Waals surface area contributed by atoms with Crippen molar-refractivity contribution >= 4 is 23.6 Å². The number of urea groups is 1. The molecule has 0 aromatic heterocycles. The molecule has 1 aliphatic rings. The van der Waals surface area contributed by atoms with E-state index in [9.17, 15) is 24.5 Å². The van der Waals surface area contributed by atoms with Gasteiger partial charge in [0.15, 0.2) is 12.4 Å². The molecule has 1 fully saturated rings. The quantitative estimate of drug-likeness (QED) is 0.402. The van der Waals surface area contributed by atoms with Gasteiger partial charge in [0.25, 0.3) is 5.91 Å². The molecular formula is C19H25N3O7. The van der Waals surface area contributed by atoms with Crippen molar-refractivity contribution in [3.63, 3.8) is 0 Å². The summed E-state index contributed by atoms with van der Waals surface area (Å²) in [7, 11) is 0. The van der Waals surface area contributed by atoms with Gasteiger partial charge in [0.05, 0.1) is 17.1 Å². The van der Waals surface area contributed by atoms with Crippen LogP contribution in [-0.2, 0) is 9.53 Å². The molecule has 10 heteroatoms. The number of nitrogens with one attached hydrogen (secondary N) is 2. The summed E-state index contributed by atoms with van der Waals surface area (Å²) in [6, 6.07) is 2.97. The van der Waals surface area contributed by atoms with Gasteiger partial charge in [0, 0.05) is 12.1 Å². The Kier molecular flexibility index (Phi) is 7.93. The van der Waals surface area contributed by atoms with E-state index >= 15 is 0 Å². The van der Waals surface area contributed by atoms with E-state index in [1.807, 2.05) is 6.92 Å². The van der Waals surface area contributed by atoms with Crippen LogP contribution in [0.15, 0.2) is 18.2 Å². The number of rotatable bonds is 7. The minimum absolute atomic E-state index is 0.00324. The fourth-order valence-electron chi connectivity index (χ4n) is 3.18. The molecule has 1 aliphatic carbocycles. The Morgan fingerprint density at radius 1 is 1.24 bits per heavy atom. The van der Waals surface area contributed by atoms with Crippen LogP contribution in [0.2, 0.25) is 0 Å². The number of hydrogen-bond acceptors (Lipinski definition) is 7. The molecule has 0 heterocycles. The van der Waals surface area contributed by atoms with E-state index in [0.29, 0.717) is 5.92 Å². The number of carbonyl (C=O) groups excluding carboxylic acids is 3. The summed E-state index contributed by atoms with van der Waals surface area (Å²) in [6.07, 6.45) is 4.02. The topological polar surface area (TPSA) is 137 Å². The first-order valence-corrected chi connectivity index (χ1v) is 9.50. The molecule has 1 saturated carbocycles. The molecule has 158 valence electrons. The highest BCUT2D eigenvalue weighted by molar-refractivity contribution is 5.97. The molecule has 29 heavy (non-hydrogen) atoms. The van der Waals surface area contributed by atoms with Gasteiger partial charge in [0.1, 0.15) is 0 Å². The third-order valence-corrected chi connectivity index (χ3v) is 4.71. The number of benzene rings is 1. The Morgan fingerprint density at radius 2 is 1.97 bits per heavy atom. The number of nitro groups is 1. The van der Waals surface area contributed by atoms with Crippen molar-refractivity contribution < 1.29 is 28.8 Å². The number of carbonyl (C=O) groups is 3. The first-order valence-electron chi connectivity index (χ1n) is 9.50. The summed E-state index contributed by atoms with van der Waals surface area (Å²) in [4.78, 5) is 46.3. The largest absolute Gasteiger partial charge is 0.487 e. The summed E-state index contributed by atoms with van der Waals surface area (Å²) in [6.45, 7) is 3.26. The maximum atomic E-state index is 12.1. The van der Waals surface area contributed by atoms with E-state index in [1.54, 1.807) is 6.92 Å². The summed E-state index contributed by atoms with van der Waals surface area (Å²) in [5.74, 6) is -1.36. The van der Waals surface area contributed by atoms with Gasteiger partial charge in [-0.25, -0.2) is 9.59 Å². The van der Waals surface area contributed by atoms with Crippen LogP contribution >= 0.6 is 0 Å². The van der Waals surface area contributed by atoms with E-state index in [1.165, 1.54) is 12.1 Å². The molecule has 10 nitrogen and oxygen atoms in total. The Balaban J connectivity index is 1.86. The smallest absolute Gasteiger partial charge is 0.338 e. The van der Waals surface area contributed by atoms with Crippen LogP contribution in [0.5, 0.6) is 5.75 Å². The van der Waals surface area contributed by atoms with Crippen molar-refractivity contribution in [2.24, 2.45) is 5.92 Å². The Hall–Kier alpha value is -3.17. The second-order valence-corrected chi connectivity index (χ2v) is 6.84. The third kappa shape index (κ3) is 6.44. The molecular weight excluding hydrogens is 382 g/mol. The van der Waals surface area contributed by atoms with Crippen molar-refractivity contribution in [3.05, 3.63) is 33.9 Å². The van der Waals surface area contributed by atoms with Gasteiger partial charge >= 0.3 is 17.7 Å². The maximum absolute atomic E-state index is 12.1. The van der Waals surface area contributed by atoms with Crippen molar-refractivity contribution in [1.29, 1.82) is 0 Å². The first kappa shape index (κ1) is 22.1. The zero-order valence-electron chi connectivity index (χ0n) is 16.4. The van der Waals surface area contributed by atoms with E-state index in [4.69, 9.17) is 9.47 Å². The molecule has 1 aromatic rings. The van der Waals surface area contributed by atoms with Crippen LogP contribution in [-0.4, -0.2) is 42.1 Å². The minimum atomic E-state index is -0.924. The maximum Gasteiger partial charge on any atom is 0.338 e. The van der Waals surface area contributed by atoms with Gasteiger partial charge in [-0.1, -0.05) is 19.8 Å². The molecule has 0 saturated heterocycles. The highest BCUT2D eigenvalue weighted by Gasteiger charge is 2.24. The fourth-order valence-corrected chi connectivity index (χ4v) is 3.18. The monoisotopic (exact) mass is 407 g/mol. The van der Waals surface area contributed by atoms with Crippen molar-refractivity contribution in [2.75, 3.05) is 13.2 Å². The van der Waals surface area contributed by atoms with Gasteiger partial charge in [-0.05, 0) is 37.8 Å². The Morgan fingerprint density at radius 3 is 2.62 bits per heavy atom. The van der Waals surface area contributed by atoms with Gasteiger partial charge < -0.3 is 14.8 Å². The average molecular weight is 407 g/mol. The fraction of sp³-hybridized carbons (Fsp3) is 0.526. The lowest BCUT2D eigenvalue weighted by atomic mass is 9.86. The van der Waals surface area contributed by atoms with Gasteiger partial charge in [-0.3, -0.25) is 20.2 Å². The molecule has 2 rings (SSSR count).